The first-order valence-electron chi connectivity index (χ1n) is 12.7. The first-order chi connectivity index (χ1) is 13.8. The zero-order valence-corrected chi connectivity index (χ0v) is 19.1. The maximum Gasteiger partial charge on any atom is 0.303 e. The van der Waals surface area contributed by atoms with Crippen molar-refractivity contribution in [1.82, 2.24) is 5.32 Å². The first kappa shape index (κ1) is 27.4. The van der Waals surface area contributed by atoms with E-state index in [1.54, 1.807) is 0 Å². The largest absolute Gasteiger partial charge is 0.481 e. The van der Waals surface area contributed by atoms with Crippen molar-refractivity contribution in [1.29, 1.82) is 0 Å². The van der Waals surface area contributed by atoms with Crippen molar-refractivity contribution in [3.8, 4) is 0 Å². The lowest BCUT2D eigenvalue weighted by Gasteiger charge is -2.04. The minimum absolute atomic E-state index is 0.344. The Kier molecular flexibility index (Phi) is 24.0. The quantitative estimate of drug-likeness (QED) is 0.163. The van der Waals surface area contributed by atoms with Gasteiger partial charge in [0.1, 0.15) is 0 Å². The van der Waals surface area contributed by atoms with Gasteiger partial charge in [0.2, 0.25) is 0 Å². The van der Waals surface area contributed by atoms with Crippen LogP contribution in [0.25, 0.3) is 0 Å². The second-order valence-corrected chi connectivity index (χ2v) is 8.61. The van der Waals surface area contributed by atoms with Crippen LogP contribution < -0.4 is 5.32 Å². The van der Waals surface area contributed by atoms with Crippen LogP contribution in [0.3, 0.4) is 0 Å². The molecule has 0 aliphatic heterocycles. The average Bonchev–Trinajstić information content (AvgIpc) is 2.68. The summed E-state index contributed by atoms with van der Waals surface area (Å²) in [6, 6.07) is 0. The van der Waals surface area contributed by atoms with E-state index in [1.165, 1.54) is 129 Å². The predicted molar refractivity (Wildman–Crippen MR) is 123 cm³/mol. The number of aliphatic carboxylic acids is 1. The van der Waals surface area contributed by atoms with Crippen molar-refractivity contribution in [3.05, 3.63) is 0 Å². The molecule has 0 saturated heterocycles. The van der Waals surface area contributed by atoms with E-state index in [1.807, 2.05) is 0 Å². The summed E-state index contributed by atoms with van der Waals surface area (Å²) in [6.07, 6.45) is 27.2. The number of carbonyl (C=O) groups is 1. The molecule has 0 bridgehead atoms. The monoisotopic (exact) mass is 397 g/mol. The van der Waals surface area contributed by atoms with Gasteiger partial charge in [-0.05, 0) is 32.4 Å². The molecule has 0 amide bonds. The van der Waals surface area contributed by atoms with Crippen molar-refractivity contribution >= 4 is 5.97 Å². The van der Waals surface area contributed by atoms with Crippen molar-refractivity contribution in [2.75, 3.05) is 13.1 Å². The molecule has 3 nitrogen and oxygen atoms in total. The predicted octanol–water partition coefficient (Wildman–Crippen LogP) is 7.87. The number of rotatable bonds is 24. The van der Waals surface area contributed by atoms with Crippen LogP contribution in [-0.4, -0.2) is 24.2 Å². The summed E-state index contributed by atoms with van der Waals surface area (Å²) in [6.45, 7) is 4.62. The topological polar surface area (TPSA) is 49.3 Å². The van der Waals surface area contributed by atoms with E-state index in [0.29, 0.717) is 6.42 Å². The average molecular weight is 398 g/mol. The molecule has 0 unspecified atom stereocenters. The van der Waals surface area contributed by atoms with E-state index in [0.717, 1.165) is 12.8 Å². The summed E-state index contributed by atoms with van der Waals surface area (Å²) >= 11 is 0. The van der Waals surface area contributed by atoms with Gasteiger partial charge in [0.05, 0.1) is 0 Å². The molecule has 28 heavy (non-hydrogen) atoms. The van der Waals surface area contributed by atoms with Crippen LogP contribution in [0.5, 0.6) is 0 Å². The van der Waals surface area contributed by atoms with Crippen LogP contribution in [0.15, 0.2) is 0 Å². The zero-order valence-electron chi connectivity index (χ0n) is 19.1. The summed E-state index contributed by atoms with van der Waals surface area (Å²) in [4.78, 5) is 10.4. The molecule has 0 heterocycles. The van der Waals surface area contributed by atoms with Gasteiger partial charge in [0, 0.05) is 6.42 Å². The lowest BCUT2D eigenvalue weighted by molar-refractivity contribution is -0.137. The van der Waals surface area contributed by atoms with Gasteiger partial charge in [0.15, 0.2) is 0 Å². The Bertz CT molecular complexity index is 307. The van der Waals surface area contributed by atoms with Gasteiger partial charge in [0.25, 0.3) is 0 Å². The van der Waals surface area contributed by atoms with Gasteiger partial charge in [-0.2, -0.15) is 0 Å². The Hall–Kier alpha value is -0.570. The molecule has 168 valence electrons. The second kappa shape index (κ2) is 24.5. The molecular formula is C25H51NO2. The SMILES string of the molecule is CCCNCCCCCCCCCCCCCCCCCCCCCC(=O)O. The number of nitrogens with one attached hydrogen (secondary N) is 1. The Morgan fingerprint density at radius 2 is 0.857 bits per heavy atom. The van der Waals surface area contributed by atoms with E-state index < -0.39 is 5.97 Å². The standard InChI is InChI=1S/C25H51NO2/c1-2-23-26-24-21-19-17-15-13-11-9-7-5-3-4-6-8-10-12-14-16-18-20-22-25(27)28/h26H,2-24H2,1H3,(H,27,28). The van der Waals surface area contributed by atoms with Gasteiger partial charge in [-0.1, -0.05) is 116 Å². The third-order valence-corrected chi connectivity index (χ3v) is 5.67. The maximum absolute atomic E-state index is 10.4. The van der Waals surface area contributed by atoms with Crippen molar-refractivity contribution in [3.63, 3.8) is 0 Å². The van der Waals surface area contributed by atoms with Gasteiger partial charge in [-0.25, -0.2) is 0 Å². The third kappa shape index (κ3) is 25.4. The summed E-state index contributed by atoms with van der Waals surface area (Å²) in [5, 5.41) is 12.1. The Morgan fingerprint density at radius 1 is 0.536 bits per heavy atom. The molecule has 0 aromatic heterocycles. The minimum atomic E-state index is -0.651. The third-order valence-electron chi connectivity index (χ3n) is 5.67. The highest BCUT2D eigenvalue weighted by Gasteiger charge is 1.97. The minimum Gasteiger partial charge on any atom is -0.481 e. The Balaban J connectivity index is 2.99. The fraction of sp³-hybridized carbons (Fsp3) is 0.960. The molecule has 2 N–H and O–H groups in total. The highest BCUT2D eigenvalue weighted by atomic mass is 16.4. The highest BCUT2D eigenvalue weighted by Crippen LogP contribution is 2.14. The molecule has 0 aromatic carbocycles. The summed E-state index contributed by atoms with van der Waals surface area (Å²) in [5.74, 6) is -0.651. The molecule has 0 radical (unpaired) electrons. The molecule has 0 atom stereocenters. The van der Waals surface area contributed by atoms with Gasteiger partial charge < -0.3 is 10.4 Å². The lowest BCUT2D eigenvalue weighted by atomic mass is 10.0. The van der Waals surface area contributed by atoms with E-state index in [-0.39, 0.29) is 0 Å². The van der Waals surface area contributed by atoms with E-state index >= 15 is 0 Å². The molecule has 0 rings (SSSR count). The lowest BCUT2D eigenvalue weighted by Crippen LogP contribution is -2.15. The number of hydrogen-bond acceptors (Lipinski definition) is 2. The van der Waals surface area contributed by atoms with Crippen LogP contribution >= 0.6 is 0 Å². The fourth-order valence-corrected chi connectivity index (χ4v) is 3.83. The number of carboxylic acids is 1. The number of unbranched alkanes of at least 4 members (excludes halogenated alkanes) is 18. The Labute approximate surface area is 176 Å². The maximum atomic E-state index is 10.4. The Morgan fingerprint density at radius 3 is 1.18 bits per heavy atom. The molecule has 0 aliphatic rings. The van der Waals surface area contributed by atoms with E-state index in [9.17, 15) is 4.79 Å². The highest BCUT2D eigenvalue weighted by molar-refractivity contribution is 5.66. The molecule has 0 aliphatic carbocycles. The molecule has 0 spiro atoms. The molecular weight excluding hydrogens is 346 g/mol. The number of carboxylic acid groups (broad SMARTS) is 1. The van der Waals surface area contributed by atoms with Crippen LogP contribution in [0, 0.1) is 0 Å². The van der Waals surface area contributed by atoms with Crippen LogP contribution in [0.1, 0.15) is 142 Å². The summed E-state index contributed by atoms with van der Waals surface area (Å²) < 4.78 is 0. The van der Waals surface area contributed by atoms with Crippen LogP contribution in [-0.2, 0) is 4.79 Å². The van der Waals surface area contributed by atoms with Gasteiger partial charge >= 0.3 is 5.97 Å². The van der Waals surface area contributed by atoms with Gasteiger partial charge in [-0.3, -0.25) is 4.79 Å². The second-order valence-electron chi connectivity index (χ2n) is 8.61. The first-order valence-corrected chi connectivity index (χ1v) is 12.7. The number of hydrogen-bond donors (Lipinski definition) is 2. The van der Waals surface area contributed by atoms with Crippen LogP contribution in [0.4, 0.5) is 0 Å². The molecule has 0 saturated carbocycles. The van der Waals surface area contributed by atoms with E-state index in [2.05, 4.69) is 12.2 Å². The van der Waals surface area contributed by atoms with Crippen molar-refractivity contribution in [2.45, 2.75) is 142 Å². The normalized spacial score (nSPS) is 11.2. The van der Waals surface area contributed by atoms with Crippen molar-refractivity contribution < 1.29 is 9.90 Å². The molecule has 0 aromatic rings. The smallest absolute Gasteiger partial charge is 0.303 e. The zero-order chi connectivity index (χ0) is 20.5. The summed E-state index contributed by atoms with van der Waals surface area (Å²) in [7, 11) is 0. The van der Waals surface area contributed by atoms with Crippen molar-refractivity contribution in [2.24, 2.45) is 0 Å². The van der Waals surface area contributed by atoms with E-state index in [4.69, 9.17) is 5.11 Å². The molecule has 3 heteroatoms. The molecule has 0 fully saturated rings. The van der Waals surface area contributed by atoms with Gasteiger partial charge in [-0.15, -0.1) is 0 Å². The summed E-state index contributed by atoms with van der Waals surface area (Å²) in [5.41, 5.74) is 0. The van der Waals surface area contributed by atoms with Crippen LogP contribution in [0.2, 0.25) is 0 Å². The fourth-order valence-electron chi connectivity index (χ4n) is 3.83.